The maximum Gasteiger partial charge on any atom is 0.310 e. The molecular weight excluding hydrogens is 596 g/mol. The second-order valence-electron chi connectivity index (χ2n) is 11.3. The largest absolute Gasteiger partial charge is 0.502 e. The standard InChI is InChI=1S/C29H32O13.CH6N2/c1-11-36-9-20-27(40-11)24(31)25(32)29(41-20)42-26-14-7-17-16(38-10-39-17)6-13(14)21(22-15(26)8-37-28(22)33)12-4-18(34-2)23(30)19(5-12)35-3;1-3-2/h4-7,11,15,20-22,24-27,29-32H,8-10H2,1-3H3;3H,2H2,1H3/t11-,15?,20-,21-,22+,24-,25-,26?,27-,29+;/m1./s1. The topological polar surface area (TPSA) is 199 Å². The summed E-state index contributed by atoms with van der Waals surface area (Å²) in [7, 11) is 4.51. The van der Waals surface area contributed by atoms with Crippen LogP contribution in [0, 0.1) is 11.8 Å². The number of fused-ring (bicyclic) bond motifs is 4. The molecule has 10 atom stereocenters. The summed E-state index contributed by atoms with van der Waals surface area (Å²) in [4.78, 5) is 13.4. The van der Waals surface area contributed by atoms with Crippen LogP contribution in [0.15, 0.2) is 24.3 Å². The van der Waals surface area contributed by atoms with Crippen LogP contribution in [0.25, 0.3) is 0 Å². The summed E-state index contributed by atoms with van der Waals surface area (Å²) in [5.41, 5.74) is 4.26. The van der Waals surface area contributed by atoms with Crippen molar-refractivity contribution in [2.24, 2.45) is 17.7 Å². The van der Waals surface area contributed by atoms with E-state index in [2.05, 4.69) is 11.3 Å². The molecule has 246 valence electrons. The molecule has 2 aromatic rings. The van der Waals surface area contributed by atoms with Crippen LogP contribution in [0.1, 0.15) is 35.6 Å². The number of methoxy groups -OCH3 is 2. The van der Waals surface area contributed by atoms with Crippen LogP contribution in [0.5, 0.6) is 28.7 Å². The molecule has 3 saturated heterocycles. The second-order valence-corrected chi connectivity index (χ2v) is 11.3. The minimum atomic E-state index is -1.44. The molecule has 0 spiro atoms. The number of aliphatic hydroxyl groups excluding tert-OH is 2. The van der Waals surface area contributed by atoms with Crippen molar-refractivity contribution in [1.82, 2.24) is 5.43 Å². The Bertz CT molecular complexity index is 1380. The lowest BCUT2D eigenvalue weighted by Gasteiger charge is -2.47. The maximum absolute atomic E-state index is 13.4. The van der Waals surface area contributed by atoms with Gasteiger partial charge in [-0.15, -0.1) is 0 Å². The highest BCUT2D eigenvalue weighted by Crippen LogP contribution is 2.57. The molecule has 7 rings (SSSR count). The molecule has 3 fully saturated rings. The molecule has 0 radical (unpaired) electrons. The highest BCUT2D eigenvalue weighted by Gasteiger charge is 2.56. The molecule has 2 unspecified atom stereocenters. The smallest absolute Gasteiger partial charge is 0.310 e. The number of cyclic esters (lactones) is 1. The molecule has 15 heteroatoms. The van der Waals surface area contributed by atoms with Gasteiger partial charge >= 0.3 is 5.97 Å². The van der Waals surface area contributed by atoms with Crippen LogP contribution in [0.3, 0.4) is 0 Å². The van der Waals surface area contributed by atoms with Gasteiger partial charge in [0.15, 0.2) is 35.6 Å². The highest BCUT2D eigenvalue weighted by molar-refractivity contribution is 5.79. The number of ether oxygens (including phenoxy) is 9. The molecule has 6 N–H and O–H groups in total. The van der Waals surface area contributed by atoms with Gasteiger partial charge < -0.3 is 58.0 Å². The first-order chi connectivity index (χ1) is 21.7. The molecule has 1 aliphatic carbocycles. The zero-order valence-corrected chi connectivity index (χ0v) is 25.2. The summed E-state index contributed by atoms with van der Waals surface area (Å²) in [6, 6.07) is 6.93. The fourth-order valence-electron chi connectivity index (χ4n) is 6.74. The van der Waals surface area contributed by atoms with Crippen LogP contribution < -0.4 is 30.2 Å². The van der Waals surface area contributed by atoms with E-state index in [1.807, 2.05) is 0 Å². The van der Waals surface area contributed by atoms with Gasteiger partial charge in [0.05, 0.1) is 39.5 Å². The van der Waals surface area contributed by atoms with Gasteiger partial charge in [-0.1, -0.05) is 0 Å². The van der Waals surface area contributed by atoms with Gasteiger partial charge in [0.1, 0.15) is 24.4 Å². The van der Waals surface area contributed by atoms with Crippen molar-refractivity contribution in [3.63, 3.8) is 0 Å². The number of phenols is 1. The van der Waals surface area contributed by atoms with E-state index in [9.17, 15) is 20.1 Å². The number of rotatable bonds is 5. The molecule has 45 heavy (non-hydrogen) atoms. The number of aromatic hydroxyl groups is 1. The van der Waals surface area contributed by atoms with E-state index in [4.69, 9.17) is 42.6 Å². The number of phenolic OH excluding ortho intramolecular Hbond substituents is 1. The Labute approximate surface area is 258 Å². The second kappa shape index (κ2) is 12.8. The van der Waals surface area contributed by atoms with E-state index in [-0.39, 0.29) is 37.3 Å². The first-order valence-electron chi connectivity index (χ1n) is 14.6. The van der Waals surface area contributed by atoms with Crippen molar-refractivity contribution in [3.8, 4) is 28.7 Å². The zero-order valence-electron chi connectivity index (χ0n) is 25.2. The Balaban J connectivity index is 0.00000115. The zero-order chi connectivity index (χ0) is 32.0. The molecule has 0 saturated carbocycles. The average molecular weight is 635 g/mol. The Kier molecular flexibility index (Phi) is 8.96. The van der Waals surface area contributed by atoms with Gasteiger partial charge in [0, 0.05) is 11.8 Å². The van der Waals surface area contributed by atoms with E-state index in [1.54, 1.807) is 38.2 Å². The number of nitrogens with one attached hydrogen (secondary N) is 1. The lowest BCUT2D eigenvalue weighted by Crippen LogP contribution is -2.63. The van der Waals surface area contributed by atoms with Gasteiger partial charge in [0.2, 0.25) is 12.5 Å². The van der Waals surface area contributed by atoms with Crippen molar-refractivity contribution >= 4 is 5.97 Å². The predicted octanol–water partition coefficient (Wildman–Crippen LogP) is 0.418. The normalized spacial score (nSPS) is 34.4. The highest BCUT2D eigenvalue weighted by atomic mass is 16.8. The Morgan fingerprint density at radius 2 is 1.58 bits per heavy atom. The van der Waals surface area contributed by atoms with Crippen molar-refractivity contribution in [2.45, 2.75) is 55.9 Å². The Morgan fingerprint density at radius 1 is 0.933 bits per heavy atom. The van der Waals surface area contributed by atoms with Gasteiger partial charge in [-0.2, -0.15) is 0 Å². The summed E-state index contributed by atoms with van der Waals surface area (Å²) in [6.07, 6.45) is -6.80. The predicted molar refractivity (Wildman–Crippen MR) is 152 cm³/mol. The number of esters is 1. The van der Waals surface area contributed by atoms with E-state index in [1.165, 1.54) is 14.2 Å². The number of carbonyl (C=O) groups excluding carboxylic acids is 1. The summed E-state index contributed by atoms with van der Waals surface area (Å²) >= 11 is 0. The average Bonchev–Trinajstić information content (AvgIpc) is 3.66. The lowest BCUT2D eigenvalue weighted by atomic mass is 9.66. The first kappa shape index (κ1) is 31.6. The number of benzene rings is 2. The molecule has 0 amide bonds. The van der Waals surface area contributed by atoms with Crippen LogP contribution in [-0.2, 0) is 28.5 Å². The third kappa shape index (κ3) is 5.53. The first-order valence-corrected chi connectivity index (χ1v) is 14.6. The molecule has 0 aromatic heterocycles. The quantitative estimate of drug-likeness (QED) is 0.172. The third-order valence-electron chi connectivity index (χ3n) is 8.75. The molecule has 0 bridgehead atoms. The molecule has 15 nitrogen and oxygen atoms in total. The number of aliphatic hydroxyl groups is 2. The van der Waals surface area contributed by atoms with Crippen molar-refractivity contribution in [2.75, 3.05) is 41.3 Å². The van der Waals surface area contributed by atoms with Crippen molar-refractivity contribution in [1.29, 1.82) is 0 Å². The number of hydrogen-bond acceptors (Lipinski definition) is 15. The van der Waals surface area contributed by atoms with Gasteiger partial charge in [0.25, 0.3) is 0 Å². The lowest BCUT2D eigenvalue weighted by molar-refractivity contribution is -0.364. The Morgan fingerprint density at radius 3 is 2.22 bits per heavy atom. The number of carbonyl (C=O) groups is 1. The van der Waals surface area contributed by atoms with E-state index in [0.29, 0.717) is 28.2 Å². The minimum Gasteiger partial charge on any atom is -0.502 e. The Hall–Kier alpha value is -3.41. The fourth-order valence-corrected chi connectivity index (χ4v) is 6.74. The van der Waals surface area contributed by atoms with Crippen LogP contribution >= 0.6 is 0 Å². The minimum absolute atomic E-state index is 0.0301. The molecular formula is C30H38N2O13. The number of hydrazine groups is 1. The van der Waals surface area contributed by atoms with Gasteiger partial charge in [-0.05, 0) is 54.9 Å². The molecule has 5 aliphatic rings. The summed E-state index contributed by atoms with van der Waals surface area (Å²) in [5.74, 6) is 3.57. The van der Waals surface area contributed by atoms with E-state index in [0.717, 1.165) is 0 Å². The van der Waals surface area contributed by atoms with Crippen LogP contribution in [0.4, 0.5) is 0 Å². The molecule has 4 aliphatic heterocycles. The summed E-state index contributed by atoms with van der Waals surface area (Å²) in [5, 5.41) is 32.5. The van der Waals surface area contributed by atoms with Gasteiger partial charge in [-0.3, -0.25) is 16.1 Å². The molecule has 2 aromatic carbocycles. The monoisotopic (exact) mass is 634 g/mol. The SMILES string of the molecule is CNN.COc1cc([C@@H]2c3cc4c(cc3C(O[C@@H]3O[C@@H]5CO[C@@H](C)O[C@H]5[C@H](O)[C@H]3O)C3COC(=O)[C@@H]32)OCO4)cc(OC)c1O. The van der Waals surface area contributed by atoms with E-state index < -0.39 is 66.8 Å². The van der Waals surface area contributed by atoms with Crippen molar-refractivity contribution < 1.29 is 62.7 Å². The number of hydrogen-bond donors (Lipinski definition) is 5. The fraction of sp³-hybridized carbons (Fsp3) is 0.567. The van der Waals surface area contributed by atoms with Crippen LogP contribution in [-0.4, -0.2) is 99.6 Å². The summed E-state index contributed by atoms with van der Waals surface area (Å²) in [6.45, 7) is 1.93. The van der Waals surface area contributed by atoms with E-state index >= 15 is 0 Å². The summed E-state index contributed by atoms with van der Waals surface area (Å²) < 4.78 is 51.5. The molecule has 4 heterocycles. The number of nitrogens with two attached hydrogens (primary N) is 1. The van der Waals surface area contributed by atoms with Gasteiger partial charge in [-0.25, -0.2) is 0 Å². The maximum atomic E-state index is 13.4. The van der Waals surface area contributed by atoms with Crippen LogP contribution in [0.2, 0.25) is 0 Å². The van der Waals surface area contributed by atoms with Crippen molar-refractivity contribution in [3.05, 3.63) is 41.0 Å². The third-order valence-corrected chi connectivity index (χ3v) is 8.75.